The van der Waals surface area contributed by atoms with Crippen LogP contribution in [0.4, 0.5) is 31.1 Å². The monoisotopic (exact) mass is 537 g/mol. The zero-order valence-corrected chi connectivity index (χ0v) is 20.4. The second-order valence-electron chi connectivity index (χ2n) is 9.40. The fourth-order valence-corrected chi connectivity index (χ4v) is 4.80. The number of amides is 1. The lowest BCUT2D eigenvalue weighted by molar-refractivity contribution is -0.0421. The van der Waals surface area contributed by atoms with Crippen LogP contribution in [0.15, 0.2) is 36.4 Å². The summed E-state index contributed by atoms with van der Waals surface area (Å²) in [4.78, 5) is 13.9. The molecule has 2 aromatic rings. The summed E-state index contributed by atoms with van der Waals surface area (Å²) < 4.78 is 109. The van der Waals surface area contributed by atoms with Crippen molar-refractivity contribution in [3.8, 4) is 11.1 Å². The van der Waals surface area contributed by atoms with Crippen LogP contribution in [0, 0.1) is 22.2 Å². The number of hydrogen-bond donors (Lipinski definition) is 2. The second kappa shape index (κ2) is 9.92. The second-order valence-corrected chi connectivity index (χ2v) is 11.2. The fourth-order valence-electron chi connectivity index (χ4n) is 3.97. The van der Waals surface area contributed by atoms with Gasteiger partial charge in [0, 0.05) is 24.2 Å². The Balaban J connectivity index is 1.99. The molecule has 1 saturated heterocycles. The van der Waals surface area contributed by atoms with Crippen molar-refractivity contribution in [2.45, 2.75) is 56.8 Å². The summed E-state index contributed by atoms with van der Waals surface area (Å²) in [5, 5.41) is 0. The first-order valence-electron chi connectivity index (χ1n) is 10.8. The van der Waals surface area contributed by atoms with Crippen molar-refractivity contribution in [3.05, 3.63) is 59.4 Å². The molecular formula is C23H25F6N3O3S. The Labute approximate surface area is 204 Å². The molecule has 0 saturated carbocycles. The summed E-state index contributed by atoms with van der Waals surface area (Å²) in [5.74, 6) is -2.74. The Morgan fingerprint density at radius 2 is 1.75 bits per heavy atom. The van der Waals surface area contributed by atoms with E-state index in [0.29, 0.717) is 6.07 Å². The topological polar surface area (TPSA) is 82.5 Å². The van der Waals surface area contributed by atoms with Crippen LogP contribution in [0.1, 0.15) is 32.8 Å². The smallest absolute Gasteiger partial charge is 0.444 e. The van der Waals surface area contributed by atoms with Gasteiger partial charge in [-0.1, -0.05) is 18.2 Å². The van der Waals surface area contributed by atoms with E-state index in [4.69, 9.17) is 9.52 Å². The highest BCUT2D eigenvalue weighted by molar-refractivity contribution is 7.91. The average Bonchev–Trinajstić information content (AvgIpc) is 3.08. The van der Waals surface area contributed by atoms with Crippen molar-refractivity contribution in [3.63, 3.8) is 0 Å². The van der Waals surface area contributed by atoms with Gasteiger partial charge in [-0.05, 0) is 56.9 Å². The lowest BCUT2D eigenvalue weighted by Gasteiger charge is -2.31. The molecule has 2 aromatic carbocycles. The number of carbonyl (C=O) groups excluding carboxylic acids is 1. The predicted molar refractivity (Wildman–Crippen MR) is 121 cm³/mol. The SMILES string of the molecule is CC(C)(C)OC(=O)N1CC[C@H](NS(=N)(=O)C(F)(F)F)[C@@H]1Cc1cccc(-c2cc(F)cc(F)c2)c1F. The molecule has 0 aliphatic carbocycles. The molecule has 3 atom stereocenters. The number of nitrogens with zero attached hydrogens (tertiary/aromatic N) is 1. The number of benzene rings is 2. The molecule has 1 aliphatic rings. The number of nitrogens with one attached hydrogen (secondary N) is 2. The maximum atomic E-state index is 15.5. The van der Waals surface area contributed by atoms with Gasteiger partial charge < -0.3 is 9.64 Å². The molecule has 1 fully saturated rings. The lowest BCUT2D eigenvalue weighted by atomic mass is 9.96. The van der Waals surface area contributed by atoms with Crippen LogP contribution in [0.25, 0.3) is 11.1 Å². The van der Waals surface area contributed by atoms with Crippen molar-refractivity contribution in [1.82, 2.24) is 9.62 Å². The quantitative estimate of drug-likeness (QED) is 0.476. The fraction of sp³-hybridized carbons (Fsp3) is 0.435. The van der Waals surface area contributed by atoms with Gasteiger partial charge in [-0.3, -0.25) is 0 Å². The molecule has 1 aliphatic heterocycles. The maximum Gasteiger partial charge on any atom is 0.492 e. The van der Waals surface area contributed by atoms with E-state index in [2.05, 4.69) is 0 Å². The van der Waals surface area contributed by atoms with Gasteiger partial charge >= 0.3 is 11.6 Å². The van der Waals surface area contributed by atoms with Crippen molar-refractivity contribution in [2.24, 2.45) is 0 Å². The van der Waals surface area contributed by atoms with Crippen LogP contribution < -0.4 is 4.72 Å². The Kier molecular flexibility index (Phi) is 7.66. The Bertz CT molecular complexity index is 1220. The molecule has 36 heavy (non-hydrogen) atoms. The van der Waals surface area contributed by atoms with Crippen LogP contribution in [-0.4, -0.2) is 44.9 Å². The summed E-state index contributed by atoms with van der Waals surface area (Å²) >= 11 is 0. The van der Waals surface area contributed by atoms with Gasteiger partial charge in [0.1, 0.15) is 23.1 Å². The average molecular weight is 538 g/mol. The summed E-state index contributed by atoms with van der Waals surface area (Å²) in [7, 11) is -5.27. The minimum atomic E-state index is -5.37. The third-order valence-corrected chi connectivity index (χ3v) is 6.78. The van der Waals surface area contributed by atoms with Gasteiger partial charge in [-0.15, -0.1) is 0 Å². The van der Waals surface area contributed by atoms with E-state index < -0.39 is 56.7 Å². The maximum absolute atomic E-state index is 15.5. The number of hydrogen-bond acceptors (Lipinski definition) is 4. The van der Waals surface area contributed by atoms with Crippen LogP contribution in [-0.2, 0) is 21.1 Å². The van der Waals surface area contributed by atoms with E-state index in [1.807, 2.05) is 0 Å². The summed E-state index contributed by atoms with van der Waals surface area (Å²) in [5.41, 5.74) is -6.62. The molecule has 1 heterocycles. The van der Waals surface area contributed by atoms with Crippen molar-refractivity contribution in [1.29, 1.82) is 4.78 Å². The van der Waals surface area contributed by atoms with Crippen LogP contribution in [0.3, 0.4) is 0 Å². The highest BCUT2D eigenvalue weighted by Gasteiger charge is 2.47. The summed E-state index contributed by atoms with van der Waals surface area (Å²) in [6, 6.07) is 4.03. The first-order valence-corrected chi connectivity index (χ1v) is 12.4. The first kappa shape index (κ1) is 27.8. The molecule has 0 bridgehead atoms. The third-order valence-electron chi connectivity index (χ3n) is 5.50. The van der Waals surface area contributed by atoms with Gasteiger partial charge in [0.05, 0.1) is 6.04 Å². The van der Waals surface area contributed by atoms with Gasteiger partial charge in [0.2, 0.25) is 9.92 Å². The van der Waals surface area contributed by atoms with Crippen molar-refractivity contribution >= 4 is 16.0 Å². The summed E-state index contributed by atoms with van der Waals surface area (Å²) in [6.45, 7) is 4.68. The van der Waals surface area contributed by atoms with E-state index in [-0.39, 0.29) is 36.1 Å². The molecule has 0 aromatic heterocycles. The molecule has 0 radical (unpaired) electrons. The molecule has 2 N–H and O–H groups in total. The molecule has 13 heteroatoms. The predicted octanol–water partition coefficient (Wildman–Crippen LogP) is 5.76. The van der Waals surface area contributed by atoms with Gasteiger partial charge in [-0.2, -0.15) is 13.2 Å². The number of rotatable bonds is 5. The molecule has 198 valence electrons. The number of carbonyl (C=O) groups is 1. The Morgan fingerprint density at radius 1 is 1.14 bits per heavy atom. The molecular weight excluding hydrogens is 512 g/mol. The van der Waals surface area contributed by atoms with Gasteiger partial charge in [-0.25, -0.2) is 31.7 Å². The van der Waals surface area contributed by atoms with E-state index in [1.165, 1.54) is 18.2 Å². The van der Waals surface area contributed by atoms with Crippen LogP contribution >= 0.6 is 0 Å². The van der Waals surface area contributed by atoms with E-state index in [9.17, 15) is 31.0 Å². The first-order chi connectivity index (χ1) is 16.5. The standard InChI is InChI=1S/C23H25F6N3O3S/c1-22(2,3)35-21(33)32-8-7-18(31-36(30,34)23(27,28)29)19(32)11-13-5-4-6-17(20(13)26)14-9-15(24)12-16(25)10-14/h4-6,9-10,12,18-19H,7-8,11H2,1-3H3,(H2,30,31,34)/t18-,19-,36?/m0/s1. The molecule has 6 nitrogen and oxygen atoms in total. The zero-order chi connectivity index (χ0) is 27.1. The molecule has 3 rings (SSSR count). The summed E-state index contributed by atoms with van der Waals surface area (Å²) in [6.07, 6.45) is -1.32. The minimum absolute atomic E-state index is 0.0621. The van der Waals surface area contributed by atoms with Gasteiger partial charge in [0.15, 0.2) is 0 Å². The third kappa shape index (κ3) is 6.30. The Morgan fingerprint density at radius 3 is 2.31 bits per heavy atom. The van der Waals surface area contributed by atoms with E-state index in [0.717, 1.165) is 17.0 Å². The lowest BCUT2D eigenvalue weighted by Crippen LogP contribution is -2.51. The van der Waals surface area contributed by atoms with Gasteiger partial charge in [0.25, 0.3) is 0 Å². The molecule has 1 unspecified atom stereocenters. The van der Waals surface area contributed by atoms with Crippen molar-refractivity contribution in [2.75, 3.05) is 6.54 Å². The largest absolute Gasteiger partial charge is 0.492 e. The van der Waals surface area contributed by atoms with E-state index in [1.54, 1.807) is 25.5 Å². The van der Waals surface area contributed by atoms with E-state index >= 15 is 4.39 Å². The van der Waals surface area contributed by atoms with Crippen LogP contribution in [0.5, 0.6) is 0 Å². The van der Waals surface area contributed by atoms with Crippen LogP contribution in [0.2, 0.25) is 0 Å². The minimum Gasteiger partial charge on any atom is -0.444 e. The number of ether oxygens (including phenoxy) is 1. The Hall–Kier alpha value is -2.80. The molecule has 0 spiro atoms. The highest BCUT2D eigenvalue weighted by atomic mass is 32.2. The normalized spacial score (nSPS) is 20.3. The van der Waals surface area contributed by atoms with Crippen molar-refractivity contribution < 1.29 is 40.1 Å². The molecule has 1 amide bonds. The highest BCUT2D eigenvalue weighted by Crippen LogP contribution is 2.32. The number of alkyl halides is 3. The zero-order valence-electron chi connectivity index (χ0n) is 19.6. The number of likely N-dealkylation sites (tertiary alicyclic amines) is 1. The number of halogens is 6.